The van der Waals surface area contributed by atoms with Crippen molar-refractivity contribution in [3.63, 3.8) is 0 Å². The summed E-state index contributed by atoms with van der Waals surface area (Å²) in [6.07, 6.45) is 13.6. The standard InChI is InChI=1S/C25H38O3/c1-4-16(8-11-22(27)28)18-9-10-19-23-20(12-14-25(18,19)3)24(2)13-6-5-7-17(24)15-21(23)26/h4,16-20,23H,1,5-15H2,2-3H3,(H,27,28)/t16-,17+,18?,19?,20?,23+,24+,25-/m1/s1. The van der Waals surface area contributed by atoms with E-state index in [-0.39, 0.29) is 23.7 Å². The van der Waals surface area contributed by atoms with Crippen molar-refractivity contribution in [1.29, 1.82) is 0 Å². The van der Waals surface area contributed by atoms with Gasteiger partial charge in [-0.3, -0.25) is 9.59 Å². The predicted octanol–water partition coefficient (Wildman–Crippen LogP) is 5.88. The third-order valence-electron chi connectivity index (χ3n) is 9.97. The summed E-state index contributed by atoms with van der Waals surface area (Å²) >= 11 is 0. The zero-order valence-corrected chi connectivity index (χ0v) is 17.8. The van der Waals surface area contributed by atoms with Crippen molar-refractivity contribution >= 4 is 11.8 Å². The Morgan fingerprint density at radius 3 is 2.61 bits per heavy atom. The lowest BCUT2D eigenvalue weighted by Gasteiger charge is -2.60. The van der Waals surface area contributed by atoms with Crippen LogP contribution in [0.25, 0.3) is 0 Å². The third kappa shape index (κ3) is 2.99. The minimum Gasteiger partial charge on any atom is -0.481 e. The second kappa shape index (κ2) is 7.29. The third-order valence-corrected chi connectivity index (χ3v) is 9.97. The fraction of sp³-hybridized carbons (Fsp3) is 0.840. The summed E-state index contributed by atoms with van der Waals surface area (Å²) < 4.78 is 0. The van der Waals surface area contributed by atoms with Gasteiger partial charge < -0.3 is 5.11 Å². The molecule has 0 aromatic rings. The highest BCUT2D eigenvalue weighted by Crippen LogP contribution is 2.67. The van der Waals surface area contributed by atoms with Gasteiger partial charge in [0.2, 0.25) is 0 Å². The van der Waals surface area contributed by atoms with Crippen molar-refractivity contribution in [3.05, 3.63) is 12.7 Å². The van der Waals surface area contributed by atoms with E-state index in [0.29, 0.717) is 41.3 Å². The molecule has 1 N–H and O–H groups in total. The lowest BCUT2D eigenvalue weighted by atomic mass is 9.44. The van der Waals surface area contributed by atoms with E-state index in [0.717, 1.165) is 19.3 Å². The Morgan fingerprint density at radius 2 is 1.89 bits per heavy atom. The van der Waals surface area contributed by atoms with Crippen LogP contribution in [0.5, 0.6) is 0 Å². The van der Waals surface area contributed by atoms with Gasteiger partial charge in [0, 0.05) is 18.8 Å². The smallest absolute Gasteiger partial charge is 0.303 e. The molecule has 0 aliphatic heterocycles. The SMILES string of the molecule is C=C[C@H](CCC(=O)O)C1CCC2[C@@H]3C(=O)C[C@@H]4CCCC[C@]4(C)C3CC[C@@]21C. The first-order chi connectivity index (χ1) is 13.3. The van der Waals surface area contributed by atoms with Gasteiger partial charge >= 0.3 is 5.97 Å². The van der Waals surface area contributed by atoms with Crippen LogP contribution in [0, 0.1) is 46.3 Å². The maximum absolute atomic E-state index is 13.4. The van der Waals surface area contributed by atoms with Crippen LogP contribution in [0.15, 0.2) is 12.7 Å². The molecule has 8 atom stereocenters. The number of hydrogen-bond donors (Lipinski definition) is 1. The van der Waals surface area contributed by atoms with Crippen molar-refractivity contribution in [2.24, 2.45) is 46.3 Å². The average Bonchev–Trinajstić information content (AvgIpc) is 3.00. The molecule has 4 saturated carbocycles. The molecule has 156 valence electrons. The lowest BCUT2D eigenvalue weighted by molar-refractivity contribution is -0.156. The van der Waals surface area contributed by atoms with E-state index in [9.17, 15) is 9.59 Å². The van der Waals surface area contributed by atoms with Gasteiger partial charge in [0.25, 0.3) is 0 Å². The van der Waals surface area contributed by atoms with Crippen molar-refractivity contribution in [2.45, 2.75) is 84.5 Å². The molecule has 0 aromatic heterocycles. The highest BCUT2D eigenvalue weighted by Gasteiger charge is 2.62. The molecule has 0 amide bonds. The summed E-state index contributed by atoms with van der Waals surface area (Å²) in [6, 6.07) is 0. The lowest BCUT2D eigenvalue weighted by Crippen LogP contribution is -2.56. The second-order valence-corrected chi connectivity index (χ2v) is 10.9. The maximum Gasteiger partial charge on any atom is 0.303 e. The molecule has 4 rings (SSSR count). The van der Waals surface area contributed by atoms with E-state index in [1.54, 1.807) is 0 Å². The number of Topliss-reactive ketones (excluding diaryl/α,β-unsaturated/α-hetero) is 1. The van der Waals surface area contributed by atoms with Gasteiger partial charge in [-0.1, -0.05) is 32.8 Å². The Labute approximate surface area is 170 Å². The quantitative estimate of drug-likeness (QED) is 0.600. The largest absolute Gasteiger partial charge is 0.481 e. The Morgan fingerprint density at radius 1 is 1.14 bits per heavy atom. The van der Waals surface area contributed by atoms with Crippen molar-refractivity contribution < 1.29 is 14.7 Å². The summed E-state index contributed by atoms with van der Waals surface area (Å²) in [5, 5.41) is 9.15. The van der Waals surface area contributed by atoms with E-state index in [1.165, 1.54) is 38.5 Å². The fourth-order valence-electron chi connectivity index (χ4n) is 8.48. The second-order valence-electron chi connectivity index (χ2n) is 10.9. The number of allylic oxidation sites excluding steroid dienone is 1. The minimum absolute atomic E-state index is 0.173. The molecular formula is C25H38O3. The number of aliphatic carboxylic acids is 1. The first kappa shape index (κ1) is 20.2. The van der Waals surface area contributed by atoms with Crippen LogP contribution in [0.1, 0.15) is 84.5 Å². The number of hydrogen-bond acceptors (Lipinski definition) is 2. The number of carboxylic acids is 1. The summed E-state index contributed by atoms with van der Waals surface area (Å²) in [6.45, 7) is 8.99. The maximum atomic E-state index is 13.4. The van der Waals surface area contributed by atoms with Crippen molar-refractivity contribution in [1.82, 2.24) is 0 Å². The Kier molecular flexibility index (Phi) is 5.25. The van der Waals surface area contributed by atoms with Gasteiger partial charge in [0.15, 0.2) is 0 Å². The molecule has 3 nitrogen and oxygen atoms in total. The van der Waals surface area contributed by atoms with E-state index in [2.05, 4.69) is 20.4 Å². The van der Waals surface area contributed by atoms with Crippen LogP contribution in [0.4, 0.5) is 0 Å². The molecule has 0 spiro atoms. The molecule has 4 aliphatic rings. The van der Waals surface area contributed by atoms with E-state index < -0.39 is 5.97 Å². The molecule has 4 fully saturated rings. The molecule has 4 aliphatic carbocycles. The number of carboxylic acid groups (broad SMARTS) is 1. The van der Waals surface area contributed by atoms with Gasteiger partial charge in [0.1, 0.15) is 5.78 Å². The zero-order valence-electron chi connectivity index (χ0n) is 17.8. The number of rotatable bonds is 5. The number of carbonyl (C=O) groups excluding carboxylic acids is 1. The highest BCUT2D eigenvalue weighted by molar-refractivity contribution is 5.83. The normalized spacial score (nSPS) is 46.2. The monoisotopic (exact) mass is 386 g/mol. The van der Waals surface area contributed by atoms with Gasteiger partial charge in [-0.05, 0) is 85.4 Å². The molecule has 0 aromatic carbocycles. The van der Waals surface area contributed by atoms with Crippen LogP contribution in [-0.4, -0.2) is 16.9 Å². The molecule has 3 unspecified atom stereocenters. The van der Waals surface area contributed by atoms with Gasteiger partial charge in [-0.15, -0.1) is 6.58 Å². The number of fused-ring (bicyclic) bond motifs is 5. The molecule has 3 heteroatoms. The van der Waals surface area contributed by atoms with Gasteiger partial charge in [-0.2, -0.15) is 0 Å². The van der Waals surface area contributed by atoms with Crippen LogP contribution in [0.2, 0.25) is 0 Å². The van der Waals surface area contributed by atoms with Crippen molar-refractivity contribution in [3.8, 4) is 0 Å². The number of ketones is 1. The molecule has 0 heterocycles. The van der Waals surface area contributed by atoms with Crippen LogP contribution >= 0.6 is 0 Å². The molecule has 0 radical (unpaired) electrons. The Bertz CT molecular complexity index is 654. The van der Waals surface area contributed by atoms with E-state index in [4.69, 9.17) is 5.11 Å². The average molecular weight is 387 g/mol. The molecular weight excluding hydrogens is 348 g/mol. The van der Waals surface area contributed by atoms with Gasteiger partial charge in [-0.25, -0.2) is 0 Å². The van der Waals surface area contributed by atoms with E-state index >= 15 is 0 Å². The summed E-state index contributed by atoms with van der Waals surface area (Å²) in [5.41, 5.74) is 0.545. The minimum atomic E-state index is -0.714. The van der Waals surface area contributed by atoms with Crippen LogP contribution in [-0.2, 0) is 9.59 Å². The first-order valence-electron chi connectivity index (χ1n) is 11.7. The van der Waals surface area contributed by atoms with Crippen LogP contribution in [0.3, 0.4) is 0 Å². The van der Waals surface area contributed by atoms with Gasteiger partial charge in [0.05, 0.1) is 0 Å². The first-order valence-corrected chi connectivity index (χ1v) is 11.7. The summed E-state index contributed by atoms with van der Waals surface area (Å²) in [7, 11) is 0. The fourth-order valence-corrected chi connectivity index (χ4v) is 8.48. The summed E-state index contributed by atoms with van der Waals surface area (Å²) in [4.78, 5) is 24.5. The molecule has 0 saturated heterocycles. The van der Waals surface area contributed by atoms with E-state index in [1.807, 2.05) is 6.08 Å². The molecule has 28 heavy (non-hydrogen) atoms. The number of carbonyl (C=O) groups is 2. The Hall–Kier alpha value is -1.12. The van der Waals surface area contributed by atoms with Crippen molar-refractivity contribution in [2.75, 3.05) is 0 Å². The summed E-state index contributed by atoms with van der Waals surface area (Å²) in [5.74, 6) is 2.55. The molecule has 0 bridgehead atoms. The highest BCUT2D eigenvalue weighted by atomic mass is 16.4. The predicted molar refractivity (Wildman–Crippen MR) is 111 cm³/mol. The Balaban J connectivity index is 1.59. The van der Waals surface area contributed by atoms with Crippen LogP contribution < -0.4 is 0 Å². The topological polar surface area (TPSA) is 54.4 Å². The zero-order chi connectivity index (χ0) is 20.1.